The van der Waals surface area contributed by atoms with Crippen LogP contribution in [0.15, 0.2) is 101 Å². The van der Waals surface area contributed by atoms with E-state index in [1.54, 1.807) is 0 Å². The second-order valence-electron chi connectivity index (χ2n) is 8.89. The molecule has 1 heterocycles. The van der Waals surface area contributed by atoms with Gasteiger partial charge in [-0.2, -0.15) is 0 Å². The van der Waals surface area contributed by atoms with E-state index in [0.29, 0.717) is 5.89 Å². The van der Waals surface area contributed by atoms with Crippen LogP contribution in [-0.2, 0) is 11.8 Å². The monoisotopic (exact) mass is 433 g/mol. The van der Waals surface area contributed by atoms with Crippen LogP contribution in [0.1, 0.15) is 30.4 Å². The summed E-state index contributed by atoms with van der Waals surface area (Å²) in [5, 5.41) is 4.83. The van der Waals surface area contributed by atoms with Crippen molar-refractivity contribution < 1.29 is 9.73 Å². The summed E-state index contributed by atoms with van der Waals surface area (Å²) in [6, 6.07) is 31.9. The molecule has 33 heavy (non-hydrogen) atoms. The molecule has 0 spiro atoms. The van der Waals surface area contributed by atoms with Gasteiger partial charge >= 0.3 is 0 Å². The summed E-state index contributed by atoms with van der Waals surface area (Å²) in [5.41, 5.74) is 5.64. The van der Waals surface area contributed by atoms with Crippen molar-refractivity contribution in [2.75, 3.05) is 7.05 Å². The Morgan fingerprint density at radius 3 is 2.45 bits per heavy atom. The van der Waals surface area contributed by atoms with Gasteiger partial charge in [0.25, 0.3) is 0 Å². The van der Waals surface area contributed by atoms with E-state index in [2.05, 4.69) is 97.1 Å². The second-order valence-corrected chi connectivity index (χ2v) is 8.89. The molecule has 5 rings (SSSR count). The highest BCUT2D eigenvalue weighted by molar-refractivity contribution is 5.90. The molecule has 1 atom stereocenters. The lowest BCUT2D eigenvalue weighted by atomic mass is 9.72. The largest absolute Gasteiger partial charge is 0.437 e. The molecule has 0 radical (unpaired) electrons. The predicted octanol–water partition coefficient (Wildman–Crippen LogP) is 6.41. The van der Waals surface area contributed by atoms with Gasteiger partial charge in [-0.25, -0.2) is 4.98 Å². The first kappa shape index (κ1) is 21.2. The molecule has 0 aliphatic heterocycles. The van der Waals surface area contributed by atoms with Crippen LogP contribution in [0.25, 0.3) is 27.9 Å². The predicted molar refractivity (Wildman–Crippen MR) is 137 cm³/mol. The molecule has 164 valence electrons. The van der Waals surface area contributed by atoms with Gasteiger partial charge in [-0.05, 0) is 59.5 Å². The van der Waals surface area contributed by atoms with Crippen molar-refractivity contribution in [2.45, 2.75) is 25.2 Å². The van der Waals surface area contributed by atoms with Crippen LogP contribution in [0.4, 0.5) is 5.69 Å². The summed E-state index contributed by atoms with van der Waals surface area (Å²) in [4.78, 5) is 4.61. The van der Waals surface area contributed by atoms with Gasteiger partial charge in [0.2, 0.25) is 5.89 Å². The number of hydrogen-bond acceptors (Lipinski definition) is 2. The first-order valence-corrected chi connectivity index (χ1v) is 11.5. The van der Waals surface area contributed by atoms with Gasteiger partial charge in [-0.15, -0.1) is 0 Å². The number of oxazole rings is 1. The number of benzene rings is 4. The van der Waals surface area contributed by atoms with Crippen LogP contribution in [-0.4, -0.2) is 12.0 Å². The molecule has 5 aromatic rings. The molecule has 4 aromatic carbocycles. The van der Waals surface area contributed by atoms with Gasteiger partial charge in [-0.1, -0.05) is 79.7 Å². The number of hydrogen-bond donors (Lipinski definition) is 1. The Labute approximate surface area is 194 Å². The van der Waals surface area contributed by atoms with E-state index in [9.17, 15) is 0 Å². The van der Waals surface area contributed by atoms with Gasteiger partial charge < -0.3 is 9.73 Å². The third-order valence-electron chi connectivity index (χ3n) is 6.45. The molecule has 0 fully saturated rings. The Hall–Kier alpha value is -3.69. The third kappa shape index (κ3) is 4.33. The van der Waals surface area contributed by atoms with E-state index in [-0.39, 0.29) is 5.41 Å². The Balaban J connectivity index is 1.57. The summed E-state index contributed by atoms with van der Waals surface area (Å²) >= 11 is 0. The van der Waals surface area contributed by atoms with Crippen molar-refractivity contribution in [3.63, 3.8) is 0 Å². The lowest BCUT2D eigenvalue weighted by molar-refractivity contribution is -0.540. The fourth-order valence-corrected chi connectivity index (χ4v) is 4.89. The molecule has 0 aliphatic carbocycles. The van der Waals surface area contributed by atoms with Gasteiger partial charge in [0.15, 0.2) is 5.58 Å². The maximum absolute atomic E-state index is 5.92. The van der Waals surface area contributed by atoms with Crippen LogP contribution in [0.5, 0.6) is 0 Å². The minimum atomic E-state index is -0.105. The molecule has 3 nitrogen and oxygen atoms in total. The number of nitrogens with zero attached hydrogens (tertiary/aromatic N) is 1. The SMILES string of the molecule is C[NH2+]c1ccc2ccccc2c1C(C)(C/C=C/c1nc2ccccc2o1)Cc1ccccc1. The number of allylic oxidation sites excluding steroid dienone is 1. The fraction of sp³-hybridized carbons (Fsp3) is 0.167. The second kappa shape index (κ2) is 9.05. The third-order valence-corrected chi connectivity index (χ3v) is 6.45. The highest BCUT2D eigenvalue weighted by atomic mass is 16.3. The zero-order chi connectivity index (χ0) is 22.7. The summed E-state index contributed by atoms with van der Waals surface area (Å²) in [6.07, 6.45) is 6.05. The Morgan fingerprint density at radius 2 is 1.64 bits per heavy atom. The van der Waals surface area contributed by atoms with E-state index in [0.717, 1.165) is 23.9 Å². The molecule has 0 aliphatic rings. The number of rotatable bonds is 7. The first-order chi connectivity index (χ1) is 16.2. The molecule has 2 N–H and O–H groups in total. The summed E-state index contributed by atoms with van der Waals surface area (Å²) in [6.45, 7) is 2.38. The highest BCUT2D eigenvalue weighted by Crippen LogP contribution is 2.40. The van der Waals surface area contributed by atoms with E-state index in [1.165, 1.54) is 27.6 Å². The van der Waals surface area contributed by atoms with Crippen molar-refractivity contribution in [1.82, 2.24) is 4.98 Å². The molecule has 0 saturated carbocycles. The van der Waals surface area contributed by atoms with Crippen LogP contribution in [0.2, 0.25) is 0 Å². The van der Waals surface area contributed by atoms with Gasteiger partial charge in [0, 0.05) is 11.0 Å². The average Bonchev–Trinajstić information content (AvgIpc) is 3.26. The molecular weight excluding hydrogens is 404 g/mol. The van der Waals surface area contributed by atoms with Gasteiger partial charge in [-0.3, -0.25) is 0 Å². The summed E-state index contributed by atoms with van der Waals surface area (Å²) in [7, 11) is 2.13. The van der Waals surface area contributed by atoms with E-state index in [4.69, 9.17) is 4.42 Å². The maximum Gasteiger partial charge on any atom is 0.219 e. The van der Waals surface area contributed by atoms with E-state index in [1.807, 2.05) is 30.3 Å². The minimum Gasteiger partial charge on any atom is -0.437 e. The van der Waals surface area contributed by atoms with Crippen LogP contribution >= 0.6 is 0 Å². The molecule has 0 saturated heterocycles. The van der Waals surface area contributed by atoms with Gasteiger partial charge in [0.05, 0.1) is 7.05 Å². The van der Waals surface area contributed by atoms with E-state index >= 15 is 0 Å². The lowest BCUT2D eigenvalue weighted by Gasteiger charge is -2.31. The maximum atomic E-state index is 5.92. The minimum absolute atomic E-state index is 0.105. The smallest absolute Gasteiger partial charge is 0.219 e. The normalized spacial score (nSPS) is 13.6. The summed E-state index contributed by atoms with van der Waals surface area (Å²) in [5.74, 6) is 0.651. The van der Waals surface area contributed by atoms with Crippen LogP contribution < -0.4 is 5.32 Å². The standard InChI is InChI=1S/C30H28N2O/c1-30(21-22-11-4-3-5-12-22,20-10-17-28-32-25-15-8-9-16-27(25)33-28)29-24-14-7-6-13-23(24)18-19-26(29)31-2/h3-19,31H,20-21H2,1-2H3/p+1/b17-10+. The van der Waals surface area contributed by atoms with Crippen molar-refractivity contribution in [3.05, 3.63) is 114 Å². The number of para-hydroxylation sites is 2. The zero-order valence-electron chi connectivity index (χ0n) is 19.2. The van der Waals surface area contributed by atoms with Crippen LogP contribution in [0, 0.1) is 0 Å². The Kier molecular flexibility index (Phi) is 5.80. The van der Waals surface area contributed by atoms with Crippen molar-refractivity contribution in [1.29, 1.82) is 0 Å². The van der Waals surface area contributed by atoms with Crippen molar-refractivity contribution in [3.8, 4) is 0 Å². The highest BCUT2D eigenvalue weighted by Gasteiger charge is 2.32. The number of aromatic nitrogens is 1. The summed E-state index contributed by atoms with van der Waals surface area (Å²) < 4.78 is 5.92. The zero-order valence-corrected chi connectivity index (χ0v) is 19.2. The van der Waals surface area contributed by atoms with Crippen LogP contribution in [0.3, 0.4) is 0 Å². The number of fused-ring (bicyclic) bond motifs is 2. The fourth-order valence-electron chi connectivity index (χ4n) is 4.89. The van der Waals surface area contributed by atoms with Crippen molar-refractivity contribution in [2.24, 2.45) is 0 Å². The lowest BCUT2D eigenvalue weighted by Crippen LogP contribution is -2.73. The molecule has 1 unspecified atom stereocenters. The molecule has 0 amide bonds. The first-order valence-electron chi connectivity index (χ1n) is 11.5. The quantitative estimate of drug-likeness (QED) is 0.301. The molecular formula is C30H29N2O+. The van der Waals surface area contributed by atoms with E-state index < -0.39 is 0 Å². The van der Waals surface area contributed by atoms with Crippen molar-refractivity contribution >= 4 is 33.6 Å². The average molecular weight is 434 g/mol. The molecule has 0 bridgehead atoms. The topological polar surface area (TPSA) is 42.6 Å². The Bertz CT molecular complexity index is 1380. The Morgan fingerprint density at radius 1 is 0.879 bits per heavy atom. The number of quaternary nitrogens is 1. The van der Waals surface area contributed by atoms with Gasteiger partial charge in [0.1, 0.15) is 11.2 Å². The molecule has 1 aromatic heterocycles. The molecule has 3 heteroatoms. The number of nitrogens with two attached hydrogens (primary N) is 1.